The van der Waals surface area contributed by atoms with Gasteiger partial charge in [0.05, 0.1) is 44.2 Å². The number of ether oxygens (including phenoxy) is 3. The number of nitrogens with one attached hydrogen (secondary N) is 1. The number of likely N-dealkylation sites (tertiary alicyclic amines) is 1. The number of aromatic amines is 1. The SMILES string of the molecule is CCOC(=O)[C@@H]1CCCN(Cc2nc3cc(OC)c(OC)cc3c(=O)[nH]2)C1. The molecule has 1 atom stereocenters. The fraction of sp³-hybridized carbons (Fsp3) is 0.526. The minimum absolute atomic E-state index is 0.129. The number of rotatable bonds is 6. The van der Waals surface area contributed by atoms with Gasteiger partial charge in [-0.25, -0.2) is 4.98 Å². The van der Waals surface area contributed by atoms with E-state index in [9.17, 15) is 9.59 Å². The van der Waals surface area contributed by atoms with Gasteiger partial charge in [0.15, 0.2) is 11.5 Å². The fourth-order valence-corrected chi connectivity index (χ4v) is 3.45. The maximum Gasteiger partial charge on any atom is 0.310 e. The van der Waals surface area contributed by atoms with Crippen LogP contribution in [-0.4, -0.2) is 54.8 Å². The summed E-state index contributed by atoms with van der Waals surface area (Å²) in [5, 5.41) is 0.444. The van der Waals surface area contributed by atoms with E-state index in [1.807, 2.05) is 6.92 Å². The molecule has 0 radical (unpaired) electrons. The molecule has 3 rings (SSSR count). The molecule has 1 N–H and O–H groups in total. The van der Waals surface area contributed by atoms with Crippen molar-refractivity contribution in [2.75, 3.05) is 33.9 Å². The normalized spacial score (nSPS) is 17.7. The Labute approximate surface area is 157 Å². The van der Waals surface area contributed by atoms with E-state index in [0.29, 0.717) is 47.9 Å². The molecule has 1 aliphatic rings. The second-order valence-electron chi connectivity index (χ2n) is 6.56. The number of nitrogens with zero attached hydrogens (tertiary/aromatic N) is 2. The summed E-state index contributed by atoms with van der Waals surface area (Å²) < 4.78 is 15.7. The van der Waals surface area contributed by atoms with Crippen LogP contribution >= 0.6 is 0 Å². The zero-order valence-corrected chi connectivity index (χ0v) is 15.9. The van der Waals surface area contributed by atoms with Crippen LogP contribution < -0.4 is 15.0 Å². The van der Waals surface area contributed by atoms with Gasteiger partial charge in [-0.1, -0.05) is 0 Å². The lowest BCUT2D eigenvalue weighted by Gasteiger charge is -2.30. The molecule has 0 spiro atoms. The minimum Gasteiger partial charge on any atom is -0.493 e. The van der Waals surface area contributed by atoms with E-state index >= 15 is 0 Å². The topological polar surface area (TPSA) is 93.8 Å². The summed E-state index contributed by atoms with van der Waals surface area (Å²) in [7, 11) is 3.07. The van der Waals surface area contributed by atoms with Crippen molar-refractivity contribution in [1.29, 1.82) is 0 Å². The molecule has 146 valence electrons. The predicted molar refractivity (Wildman–Crippen MR) is 100 cm³/mol. The Morgan fingerprint density at radius 2 is 2.04 bits per heavy atom. The van der Waals surface area contributed by atoms with Crippen molar-refractivity contribution >= 4 is 16.9 Å². The number of fused-ring (bicyclic) bond motifs is 1. The van der Waals surface area contributed by atoms with Gasteiger partial charge < -0.3 is 19.2 Å². The first-order valence-electron chi connectivity index (χ1n) is 9.09. The maximum atomic E-state index is 12.5. The van der Waals surface area contributed by atoms with Gasteiger partial charge in [0.25, 0.3) is 5.56 Å². The summed E-state index contributed by atoms with van der Waals surface area (Å²) in [5.41, 5.74) is 0.320. The van der Waals surface area contributed by atoms with Crippen LogP contribution in [0.5, 0.6) is 11.5 Å². The van der Waals surface area contributed by atoms with E-state index < -0.39 is 0 Å². The van der Waals surface area contributed by atoms with E-state index in [-0.39, 0.29) is 17.4 Å². The first kappa shape index (κ1) is 19.2. The number of hydrogen-bond acceptors (Lipinski definition) is 7. The average Bonchev–Trinajstić information content (AvgIpc) is 2.67. The van der Waals surface area contributed by atoms with Crippen molar-refractivity contribution in [3.8, 4) is 11.5 Å². The minimum atomic E-state index is -0.227. The van der Waals surface area contributed by atoms with Crippen LogP contribution in [0, 0.1) is 5.92 Å². The van der Waals surface area contributed by atoms with Gasteiger partial charge in [-0.2, -0.15) is 0 Å². The second-order valence-corrected chi connectivity index (χ2v) is 6.56. The van der Waals surface area contributed by atoms with Crippen molar-refractivity contribution in [2.45, 2.75) is 26.3 Å². The Hall–Kier alpha value is -2.61. The third kappa shape index (κ3) is 4.21. The molecule has 8 heteroatoms. The number of benzene rings is 1. The van der Waals surface area contributed by atoms with Crippen LogP contribution in [0.15, 0.2) is 16.9 Å². The van der Waals surface area contributed by atoms with E-state index in [1.165, 1.54) is 7.11 Å². The van der Waals surface area contributed by atoms with Gasteiger partial charge >= 0.3 is 5.97 Å². The maximum absolute atomic E-state index is 12.5. The lowest BCUT2D eigenvalue weighted by molar-refractivity contribution is -0.150. The highest BCUT2D eigenvalue weighted by atomic mass is 16.5. The Morgan fingerprint density at radius 3 is 2.74 bits per heavy atom. The molecular weight excluding hydrogens is 350 g/mol. The van der Waals surface area contributed by atoms with Crippen LogP contribution in [0.2, 0.25) is 0 Å². The summed E-state index contributed by atoms with van der Waals surface area (Å²) >= 11 is 0. The number of piperidine rings is 1. The van der Waals surface area contributed by atoms with Crippen LogP contribution in [0.1, 0.15) is 25.6 Å². The lowest BCUT2D eigenvalue weighted by atomic mass is 9.98. The number of H-pyrrole nitrogens is 1. The summed E-state index contributed by atoms with van der Waals surface area (Å²) in [6.07, 6.45) is 1.74. The van der Waals surface area contributed by atoms with Crippen LogP contribution in [0.3, 0.4) is 0 Å². The largest absolute Gasteiger partial charge is 0.493 e. The smallest absolute Gasteiger partial charge is 0.310 e. The molecule has 1 aromatic heterocycles. The van der Waals surface area contributed by atoms with Crippen molar-refractivity contribution in [2.24, 2.45) is 5.92 Å². The van der Waals surface area contributed by atoms with Crippen LogP contribution in [0.25, 0.3) is 10.9 Å². The Morgan fingerprint density at radius 1 is 1.30 bits per heavy atom. The molecule has 1 aliphatic heterocycles. The lowest BCUT2D eigenvalue weighted by Crippen LogP contribution is -2.39. The predicted octanol–water partition coefficient (Wildman–Crippen LogP) is 1.72. The molecule has 27 heavy (non-hydrogen) atoms. The molecular formula is C19H25N3O5. The Kier molecular flexibility index (Phi) is 5.95. The molecule has 0 bridgehead atoms. The number of aromatic nitrogens is 2. The van der Waals surface area contributed by atoms with Gasteiger partial charge in [0.1, 0.15) is 5.82 Å². The van der Waals surface area contributed by atoms with Gasteiger partial charge in [-0.3, -0.25) is 14.5 Å². The zero-order valence-electron chi connectivity index (χ0n) is 15.9. The molecule has 0 unspecified atom stereocenters. The molecule has 8 nitrogen and oxygen atoms in total. The molecule has 2 aromatic rings. The molecule has 1 aromatic carbocycles. The summed E-state index contributed by atoms with van der Waals surface area (Å²) in [4.78, 5) is 34.0. The van der Waals surface area contributed by atoms with Gasteiger partial charge in [0, 0.05) is 12.6 Å². The van der Waals surface area contributed by atoms with Crippen molar-refractivity contribution in [1.82, 2.24) is 14.9 Å². The number of methoxy groups -OCH3 is 2. The average molecular weight is 375 g/mol. The molecule has 0 saturated carbocycles. The first-order chi connectivity index (χ1) is 13.0. The number of carbonyl (C=O) groups excluding carboxylic acids is 1. The van der Waals surface area contributed by atoms with Crippen LogP contribution in [0.4, 0.5) is 0 Å². The van der Waals surface area contributed by atoms with Gasteiger partial charge in [-0.15, -0.1) is 0 Å². The first-order valence-corrected chi connectivity index (χ1v) is 9.09. The monoisotopic (exact) mass is 375 g/mol. The Bertz CT molecular complexity index is 880. The second kappa shape index (κ2) is 8.39. The van der Waals surface area contributed by atoms with Crippen molar-refractivity contribution in [3.05, 3.63) is 28.3 Å². The zero-order chi connectivity index (χ0) is 19.4. The van der Waals surface area contributed by atoms with E-state index in [4.69, 9.17) is 14.2 Å². The summed E-state index contributed by atoms with van der Waals surface area (Å²) in [5.74, 6) is 1.28. The summed E-state index contributed by atoms with van der Waals surface area (Å²) in [6, 6.07) is 3.33. The quantitative estimate of drug-likeness (QED) is 0.768. The van der Waals surface area contributed by atoms with Crippen LogP contribution in [-0.2, 0) is 16.1 Å². The highest BCUT2D eigenvalue weighted by Crippen LogP contribution is 2.30. The molecule has 0 aliphatic carbocycles. The highest BCUT2D eigenvalue weighted by Gasteiger charge is 2.27. The van der Waals surface area contributed by atoms with Crippen molar-refractivity contribution in [3.63, 3.8) is 0 Å². The number of hydrogen-bond donors (Lipinski definition) is 1. The van der Waals surface area contributed by atoms with E-state index in [2.05, 4.69) is 14.9 Å². The number of esters is 1. The standard InChI is InChI=1S/C19H25N3O5/c1-4-27-19(24)12-6-5-7-22(10-12)11-17-20-14-9-16(26-3)15(25-2)8-13(14)18(23)21-17/h8-9,12H,4-7,10-11H2,1-3H3,(H,20,21,23)/t12-/m1/s1. The van der Waals surface area contributed by atoms with Crippen molar-refractivity contribution < 1.29 is 19.0 Å². The highest BCUT2D eigenvalue weighted by molar-refractivity contribution is 5.81. The van der Waals surface area contributed by atoms with E-state index in [0.717, 1.165) is 19.4 Å². The third-order valence-electron chi connectivity index (χ3n) is 4.76. The third-order valence-corrected chi connectivity index (χ3v) is 4.76. The van der Waals surface area contributed by atoms with Gasteiger partial charge in [0.2, 0.25) is 0 Å². The van der Waals surface area contributed by atoms with Gasteiger partial charge in [-0.05, 0) is 32.4 Å². The van der Waals surface area contributed by atoms with E-state index in [1.54, 1.807) is 19.2 Å². The fourth-order valence-electron chi connectivity index (χ4n) is 3.45. The Balaban J connectivity index is 1.82. The number of carbonyl (C=O) groups is 1. The molecule has 2 heterocycles. The summed E-state index contributed by atoms with van der Waals surface area (Å²) in [6.45, 7) is 4.12. The molecule has 0 amide bonds. The molecule has 1 fully saturated rings. The molecule has 1 saturated heterocycles.